The molecule has 35 heavy (non-hydrogen) atoms. The van der Waals surface area contributed by atoms with Gasteiger partial charge in [-0.05, 0) is 24.3 Å². The van der Waals surface area contributed by atoms with E-state index in [2.05, 4.69) is 10.2 Å². The normalized spacial score (nSPS) is 13.0. The fraction of sp³-hybridized carbons (Fsp3) is 0.0833. The molecule has 0 aliphatic carbocycles. The molecule has 0 spiro atoms. The molecule has 0 amide bonds. The molecule has 1 aliphatic heterocycles. The molecule has 0 fully saturated rings. The summed E-state index contributed by atoms with van der Waals surface area (Å²) in [6, 6.07) is 11.0. The van der Waals surface area contributed by atoms with E-state index in [1.807, 2.05) is 0 Å². The van der Waals surface area contributed by atoms with Crippen molar-refractivity contribution in [3.63, 3.8) is 0 Å². The molecule has 2 heterocycles. The molecule has 176 valence electrons. The Balaban J connectivity index is 1.94. The highest BCUT2D eigenvalue weighted by Crippen LogP contribution is 2.37. The second-order valence-electron chi connectivity index (χ2n) is 7.22. The van der Waals surface area contributed by atoms with E-state index in [1.54, 1.807) is 30.3 Å². The van der Waals surface area contributed by atoms with E-state index in [-0.39, 0.29) is 28.2 Å². The van der Waals surface area contributed by atoms with Crippen LogP contribution in [-0.2, 0) is 19.1 Å². The third-order valence-electron chi connectivity index (χ3n) is 5.29. The van der Waals surface area contributed by atoms with Crippen LogP contribution in [0.3, 0.4) is 0 Å². The Kier molecular flexibility index (Phi) is 6.23. The topological polar surface area (TPSA) is 145 Å². The average Bonchev–Trinajstić information content (AvgIpc) is 3.11. The highest BCUT2D eigenvalue weighted by atomic mass is 16.6. The first-order valence-electron chi connectivity index (χ1n) is 10.2. The van der Waals surface area contributed by atoms with Crippen molar-refractivity contribution in [3.05, 3.63) is 98.6 Å². The number of allylic oxidation sites excluding steroid dienone is 2. The van der Waals surface area contributed by atoms with Gasteiger partial charge in [-0.3, -0.25) is 14.9 Å². The first kappa shape index (κ1) is 23.1. The van der Waals surface area contributed by atoms with Crippen LogP contribution >= 0.6 is 0 Å². The number of esters is 2. The lowest BCUT2D eigenvalue weighted by atomic mass is 10.0. The predicted octanol–water partition coefficient (Wildman–Crippen LogP) is 2.99. The molecule has 0 atom stereocenters. The number of hydrogen-bond donors (Lipinski definition) is 1. The Morgan fingerprint density at radius 1 is 1.03 bits per heavy atom. The molecule has 0 radical (unpaired) electrons. The highest BCUT2D eigenvalue weighted by molar-refractivity contribution is 6.06. The third kappa shape index (κ3) is 4.17. The van der Waals surface area contributed by atoms with Crippen LogP contribution in [0.25, 0.3) is 22.0 Å². The van der Waals surface area contributed by atoms with Crippen molar-refractivity contribution in [2.75, 3.05) is 19.1 Å². The van der Waals surface area contributed by atoms with E-state index in [1.165, 1.54) is 41.5 Å². The van der Waals surface area contributed by atoms with Gasteiger partial charge in [0.05, 0.1) is 35.8 Å². The summed E-state index contributed by atoms with van der Waals surface area (Å²) in [5.74, 6) is -1.72. The van der Waals surface area contributed by atoms with Crippen molar-refractivity contribution in [2.24, 2.45) is 0 Å². The highest BCUT2D eigenvalue weighted by Gasteiger charge is 2.31. The molecule has 2 aromatic carbocycles. The fourth-order valence-electron chi connectivity index (χ4n) is 3.71. The number of nitrogens with one attached hydrogen (secondary N) is 1. The Bertz CT molecular complexity index is 1520. The summed E-state index contributed by atoms with van der Waals surface area (Å²) in [4.78, 5) is 49.9. The lowest BCUT2D eigenvalue weighted by molar-refractivity contribution is -0.384. The zero-order valence-corrected chi connectivity index (χ0v) is 18.6. The second kappa shape index (κ2) is 9.43. The number of rotatable bonds is 5. The van der Waals surface area contributed by atoms with Crippen LogP contribution in [-0.4, -0.2) is 41.3 Å². The van der Waals surface area contributed by atoms with Gasteiger partial charge in [0.15, 0.2) is 0 Å². The number of methoxy groups -OCH3 is 2. The van der Waals surface area contributed by atoms with Crippen molar-refractivity contribution >= 4 is 34.1 Å². The summed E-state index contributed by atoms with van der Waals surface area (Å²) in [5.41, 5.74) is -0.473. The number of hydrogen-bond acceptors (Lipinski definition) is 9. The lowest BCUT2D eigenvalue weighted by Gasteiger charge is -2.23. The second-order valence-corrected chi connectivity index (χ2v) is 7.22. The van der Waals surface area contributed by atoms with Crippen LogP contribution in [0.2, 0.25) is 0 Å². The Hall–Kier alpha value is -5.06. The molecule has 0 bridgehead atoms. The van der Waals surface area contributed by atoms with Gasteiger partial charge in [0, 0.05) is 23.2 Å². The Labute approximate surface area is 197 Å². The van der Waals surface area contributed by atoms with E-state index in [0.29, 0.717) is 22.0 Å². The van der Waals surface area contributed by atoms with Crippen LogP contribution < -0.4 is 10.5 Å². The van der Waals surface area contributed by atoms with Gasteiger partial charge in [-0.15, -0.1) is 0 Å². The van der Waals surface area contributed by atoms with E-state index >= 15 is 0 Å². The summed E-state index contributed by atoms with van der Waals surface area (Å²) in [5, 5.41) is 19.5. The molecule has 0 saturated carbocycles. The summed E-state index contributed by atoms with van der Waals surface area (Å²) in [6.07, 6.45) is 5.75. The number of nitro groups is 1. The van der Waals surface area contributed by atoms with Crippen molar-refractivity contribution in [1.29, 1.82) is 0 Å². The zero-order chi connectivity index (χ0) is 25.1. The Morgan fingerprint density at radius 3 is 2.43 bits per heavy atom. The largest absolute Gasteiger partial charge is 0.465 e. The van der Waals surface area contributed by atoms with Gasteiger partial charge >= 0.3 is 11.9 Å². The van der Waals surface area contributed by atoms with Crippen molar-refractivity contribution in [3.8, 4) is 11.3 Å². The number of carbonyl (C=O) groups excluding carboxylic acids is 2. The maximum absolute atomic E-state index is 12.7. The molecule has 1 aliphatic rings. The first-order valence-corrected chi connectivity index (χ1v) is 10.2. The van der Waals surface area contributed by atoms with E-state index in [0.717, 1.165) is 14.2 Å². The number of fused-ring (bicyclic) bond motifs is 1. The molecule has 1 N–H and O–H groups in total. The molecule has 11 nitrogen and oxygen atoms in total. The number of carbonyl (C=O) groups is 2. The smallest absolute Gasteiger partial charge is 0.355 e. The van der Waals surface area contributed by atoms with Crippen LogP contribution in [0.4, 0.5) is 11.4 Å². The quantitative estimate of drug-likeness (QED) is 0.335. The van der Waals surface area contributed by atoms with Gasteiger partial charge in [-0.25, -0.2) is 14.7 Å². The monoisotopic (exact) mass is 474 g/mol. The number of ether oxygens (including phenoxy) is 2. The van der Waals surface area contributed by atoms with E-state index in [9.17, 15) is 24.5 Å². The maximum atomic E-state index is 12.7. The van der Waals surface area contributed by atoms with Crippen molar-refractivity contribution in [1.82, 2.24) is 10.2 Å². The van der Waals surface area contributed by atoms with Gasteiger partial charge in [-0.2, -0.15) is 5.10 Å². The number of aromatic nitrogens is 2. The third-order valence-corrected chi connectivity index (χ3v) is 5.29. The van der Waals surface area contributed by atoms with Crippen molar-refractivity contribution < 1.29 is 24.0 Å². The summed E-state index contributed by atoms with van der Waals surface area (Å²) in [6.45, 7) is 0. The van der Waals surface area contributed by atoms with Gasteiger partial charge in [0.2, 0.25) is 0 Å². The van der Waals surface area contributed by atoms with Gasteiger partial charge in [-0.1, -0.05) is 30.3 Å². The molecule has 1 aromatic heterocycles. The number of H-pyrrole nitrogens is 1. The van der Waals surface area contributed by atoms with Crippen LogP contribution in [0.5, 0.6) is 0 Å². The van der Waals surface area contributed by atoms with E-state index in [4.69, 9.17) is 9.47 Å². The molecule has 0 saturated heterocycles. The minimum Gasteiger partial charge on any atom is -0.465 e. The minimum atomic E-state index is -0.895. The molecule has 3 aromatic rings. The zero-order valence-electron chi connectivity index (χ0n) is 18.6. The summed E-state index contributed by atoms with van der Waals surface area (Å²) < 4.78 is 9.63. The summed E-state index contributed by atoms with van der Waals surface area (Å²) >= 11 is 0. The van der Waals surface area contributed by atoms with Crippen LogP contribution in [0, 0.1) is 10.1 Å². The molecule has 0 unspecified atom stereocenters. The summed E-state index contributed by atoms with van der Waals surface area (Å²) in [7, 11) is 2.28. The van der Waals surface area contributed by atoms with Gasteiger partial charge in [0.25, 0.3) is 11.2 Å². The average molecular weight is 474 g/mol. The van der Waals surface area contributed by atoms with E-state index < -0.39 is 16.9 Å². The fourth-order valence-corrected chi connectivity index (χ4v) is 3.71. The lowest BCUT2D eigenvalue weighted by Crippen LogP contribution is -2.27. The Morgan fingerprint density at radius 2 is 1.74 bits per heavy atom. The number of anilines is 1. The molecule has 11 heteroatoms. The number of aromatic amines is 1. The van der Waals surface area contributed by atoms with Crippen molar-refractivity contribution in [2.45, 2.75) is 0 Å². The minimum absolute atomic E-state index is 0.00534. The number of nitrogens with zero attached hydrogens (tertiary/aromatic N) is 3. The standard InChI is InChI=1S/C24H18N4O7/c1-34-23(30)17-9-5-6-12-27(21(17)24(31)35-2)18-11-10-14(13-19(18)28(32)33)20-15-7-3-4-8-16(15)22(29)26-25-20/h3-13H,1-2H3,(H,26,29). The maximum Gasteiger partial charge on any atom is 0.355 e. The first-order chi connectivity index (χ1) is 16.9. The number of benzene rings is 2. The SMILES string of the molecule is COC(=O)C1=C(C(=O)OC)N(c2ccc(-c3n[nH]c(=O)c4ccccc34)cc2[N+](=O)[O-])C=CC=C1. The van der Waals surface area contributed by atoms with Crippen LogP contribution in [0.15, 0.2) is 83.0 Å². The molecule has 4 rings (SSSR count). The van der Waals surface area contributed by atoms with Gasteiger partial charge < -0.3 is 14.4 Å². The van der Waals surface area contributed by atoms with Crippen LogP contribution in [0.1, 0.15) is 0 Å². The number of nitro benzene ring substituents is 1. The molecular weight excluding hydrogens is 456 g/mol. The predicted molar refractivity (Wildman–Crippen MR) is 126 cm³/mol. The molecular formula is C24H18N4O7. The van der Waals surface area contributed by atoms with Gasteiger partial charge in [0.1, 0.15) is 11.4 Å².